The number of hydrogen-bond acceptors (Lipinski definition) is 6. The average molecular weight is 508 g/mol. The minimum absolute atomic E-state index is 0.0213. The van der Waals surface area contributed by atoms with Gasteiger partial charge in [0.05, 0.1) is 6.10 Å². The number of carbonyl (C=O) groups excluding carboxylic acids is 1. The van der Waals surface area contributed by atoms with Gasteiger partial charge in [-0.05, 0) is 15.8 Å². The molecule has 35 heavy (non-hydrogen) atoms. The van der Waals surface area contributed by atoms with E-state index in [-0.39, 0.29) is 23.7 Å². The van der Waals surface area contributed by atoms with Gasteiger partial charge in [0.1, 0.15) is 11.9 Å². The molecule has 2 aromatic carbocycles. The SMILES string of the molecule is COC1CN(C(=O)c2csc(N3CC(C(C)(C)C)C3O[SiH](c3ccccc3)c3ccccc3)n2)C1. The second-order valence-corrected chi connectivity index (χ2v) is 13.6. The van der Waals surface area contributed by atoms with Crippen molar-refractivity contribution in [2.24, 2.45) is 11.3 Å². The summed E-state index contributed by atoms with van der Waals surface area (Å²) in [5, 5.41) is 5.26. The van der Waals surface area contributed by atoms with Crippen molar-refractivity contribution >= 4 is 41.8 Å². The van der Waals surface area contributed by atoms with Gasteiger partial charge in [0, 0.05) is 38.0 Å². The van der Waals surface area contributed by atoms with Crippen LogP contribution in [-0.2, 0) is 9.16 Å². The quantitative estimate of drug-likeness (QED) is 0.460. The maximum atomic E-state index is 12.9. The molecule has 2 aliphatic rings. The lowest BCUT2D eigenvalue weighted by Gasteiger charge is -2.54. The molecule has 2 unspecified atom stereocenters. The summed E-state index contributed by atoms with van der Waals surface area (Å²) in [6, 6.07) is 21.2. The van der Waals surface area contributed by atoms with E-state index < -0.39 is 9.04 Å². The molecule has 1 aromatic heterocycles. The number of aromatic nitrogens is 1. The number of anilines is 1. The highest BCUT2D eigenvalue weighted by molar-refractivity contribution is 7.14. The minimum atomic E-state index is -1.94. The Labute approximate surface area is 213 Å². The van der Waals surface area contributed by atoms with Gasteiger partial charge in [-0.3, -0.25) is 4.79 Å². The highest BCUT2D eigenvalue weighted by Gasteiger charge is 2.48. The monoisotopic (exact) mass is 507 g/mol. The lowest BCUT2D eigenvalue weighted by Crippen LogP contribution is -2.65. The predicted octanol–water partition coefficient (Wildman–Crippen LogP) is 2.98. The molecule has 3 heterocycles. The fraction of sp³-hybridized carbons (Fsp3) is 0.407. The maximum Gasteiger partial charge on any atom is 0.273 e. The number of carbonyl (C=O) groups is 1. The van der Waals surface area contributed by atoms with Crippen molar-refractivity contribution in [1.29, 1.82) is 0 Å². The Morgan fingerprint density at radius 2 is 1.60 bits per heavy atom. The van der Waals surface area contributed by atoms with Crippen molar-refractivity contribution in [2.45, 2.75) is 33.1 Å². The third kappa shape index (κ3) is 4.93. The molecule has 0 radical (unpaired) electrons. The van der Waals surface area contributed by atoms with E-state index in [0.29, 0.717) is 24.7 Å². The molecule has 0 bridgehead atoms. The van der Waals surface area contributed by atoms with Crippen LogP contribution >= 0.6 is 11.3 Å². The van der Waals surface area contributed by atoms with E-state index in [0.717, 1.165) is 11.7 Å². The van der Waals surface area contributed by atoms with Crippen LogP contribution in [0.4, 0.5) is 5.13 Å². The van der Waals surface area contributed by atoms with Crippen LogP contribution in [0.1, 0.15) is 31.3 Å². The summed E-state index contributed by atoms with van der Waals surface area (Å²) in [6.07, 6.45) is 0.0543. The molecule has 184 valence electrons. The Hall–Kier alpha value is -2.52. The van der Waals surface area contributed by atoms with Crippen molar-refractivity contribution in [2.75, 3.05) is 31.6 Å². The molecule has 6 nitrogen and oxygen atoms in total. The van der Waals surface area contributed by atoms with E-state index in [2.05, 4.69) is 86.3 Å². The second-order valence-electron chi connectivity index (χ2n) is 10.4. The Morgan fingerprint density at radius 1 is 1.00 bits per heavy atom. The van der Waals surface area contributed by atoms with Crippen molar-refractivity contribution < 1.29 is 14.0 Å². The van der Waals surface area contributed by atoms with E-state index in [1.807, 2.05) is 5.38 Å². The molecular weight excluding hydrogens is 474 g/mol. The lowest BCUT2D eigenvalue weighted by molar-refractivity contribution is -0.0194. The van der Waals surface area contributed by atoms with E-state index in [1.165, 1.54) is 21.7 Å². The molecule has 5 rings (SSSR count). The lowest BCUT2D eigenvalue weighted by atomic mass is 9.74. The number of amides is 1. The number of thiazole rings is 1. The van der Waals surface area contributed by atoms with Crippen LogP contribution in [0, 0.1) is 11.3 Å². The first-order chi connectivity index (χ1) is 16.8. The Kier molecular flexibility index (Phi) is 6.81. The van der Waals surface area contributed by atoms with Crippen LogP contribution in [0.25, 0.3) is 0 Å². The number of benzene rings is 2. The fourth-order valence-electron chi connectivity index (χ4n) is 4.70. The van der Waals surface area contributed by atoms with Gasteiger partial charge in [-0.1, -0.05) is 81.4 Å². The molecule has 0 aliphatic carbocycles. The number of methoxy groups -OCH3 is 1. The van der Waals surface area contributed by atoms with Crippen LogP contribution < -0.4 is 15.3 Å². The average Bonchev–Trinajstić information content (AvgIpc) is 3.28. The summed E-state index contributed by atoms with van der Waals surface area (Å²) >= 11 is 1.53. The topological polar surface area (TPSA) is 54.9 Å². The van der Waals surface area contributed by atoms with Crippen molar-refractivity contribution in [3.8, 4) is 0 Å². The van der Waals surface area contributed by atoms with Crippen LogP contribution in [0.5, 0.6) is 0 Å². The molecule has 1 amide bonds. The van der Waals surface area contributed by atoms with E-state index in [9.17, 15) is 4.79 Å². The summed E-state index contributed by atoms with van der Waals surface area (Å²) in [5.74, 6) is 0.345. The number of ether oxygens (including phenoxy) is 1. The number of likely N-dealkylation sites (tertiary alicyclic amines) is 1. The van der Waals surface area contributed by atoms with Crippen LogP contribution in [-0.4, -0.2) is 63.9 Å². The first-order valence-corrected chi connectivity index (χ1v) is 14.7. The molecule has 3 aromatic rings. The van der Waals surface area contributed by atoms with Gasteiger partial charge in [-0.2, -0.15) is 0 Å². The van der Waals surface area contributed by atoms with Crippen LogP contribution in [0.2, 0.25) is 0 Å². The summed E-state index contributed by atoms with van der Waals surface area (Å²) in [5.41, 5.74) is 0.605. The van der Waals surface area contributed by atoms with E-state index in [4.69, 9.17) is 14.1 Å². The summed E-state index contributed by atoms with van der Waals surface area (Å²) in [4.78, 5) is 21.7. The Morgan fingerprint density at radius 3 is 2.14 bits per heavy atom. The first kappa shape index (κ1) is 24.2. The third-order valence-corrected chi connectivity index (χ3v) is 10.5. The van der Waals surface area contributed by atoms with Gasteiger partial charge in [0.15, 0.2) is 5.13 Å². The molecular formula is C27H33N3O3SSi. The molecule has 0 saturated carbocycles. The largest absolute Gasteiger partial charge is 0.391 e. The molecule has 8 heteroatoms. The normalized spacial score (nSPS) is 20.6. The predicted molar refractivity (Wildman–Crippen MR) is 143 cm³/mol. The smallest absolute Gasteiger partial charge is 0.273 e. The van der Waals surface area contributed by atoms with E-state index >= 15 is 0 Å². The Balaban J connectivity index is 1.39. The number of rotatable bonds is 7. The van der Waals surface area contributed by atoms with Crippen LogP contribution in [0.3, 0.4) is 0 Å². The van der Waals surface area contributed by atoms with E-state index in [1.54, 1.807) is 12.0 Å². The number of hydrogen-bond donors (Lipinski definition) is 0. The van der Waals surface area contributed by atoms with Gasteiger partial charge in [-0.15, -0.1) is 11.3 Å². The van der Waals surface area contributed by atoms with Crippen molar-refractivity contribution in [3.63, 3.8) is 0 Å². The van der Waals surface area contributed by atoms with Gasteiger partial charge >= 0.3 is 0 Å². The zero-order valence-corrected chi connectivity index (χ0v) is 22.7. The third-order valence-electron chi connectivity index (χ3n) is 7.06. The highest BCUT2D eigenvalue weighted by atomic mass is 32.1. The standard InChI is InChI=1S/C27H33N3O3SSi/c1-27(2,3)22-17-30(26-28-23(18-34-26)24(31)29-15-19(16-29)32-4)25(22)33-35(20-11-7-5-8-12-20)21-13-9-6-10-14-21/h5-14,18-19,22,25,35H,15-17H2,1-4H3. The van der Waals surface area contributed by atoms with Gasteiger partial charge in [0.2, 0.25) is 9.04 Å². The first-order valence-electron chi connectivity index (χ1n) is 12.1. The zero-order valence-electron chi connectivity index (χ0n) is 20.8. The zero-order chi connectivity index (χ0) is 24.6. The minimum Gasteiger partial charge on any atom is -0.391 e. The molecule has 0 spiro atoms. The summed E-state index contributed by atoms with van der Waals surface area (Å²) in [7, 11) is -0.252. The molecule has 2 fully saturated rings. The molecule has 2 aliphatic heterocycles. The summed E-state index contributed by atoms with van der Waals surface area (Å²) in [6.45, 7) is 8.96. The molecule has 2 saturated heterocycles. The fourth-order valence-corrected chi connectivity index (χ4v) is 7.99. The number of nitrogens with zero attached hydrogens (tertiary/aromatic N) is 3. The van der Waals surface area contributed by atoms with Crippen LogP contribution in [0.15, 0.2) is 66.0 Å². The summed E-state index contributed by atoms with van der Waals surface area (Å²) < 4.78 is 12.4. The van der Waals surface area contributed by atoms with Gasteiger partial charge < -0.3 is 19.0 Å². The molecule has 0 N–H and O–H groups in total. The highest BCUT2D eigenvalue weighted by Crippen LogP contribution is 2.43. The van der Waals surface area contributed by atoms with Gasteiger partial charge in [-0.25, -0.2) is 4.98 Å². The maximum absolute atomic E-state index is 12.9. The van der Waals surface area contributed by atoms with Crippen molar-refractivity contribution in [1.82, 2.24) is 9.88 Å². The second kappa shape index (κ2) is 9.85. The molecule has 2 atom stereocenters. The van der Waals surface area contributed by atoms with Crippen molar-refractivity contribution in [3.05, 3.63) is 71.7 Å². The Bertz CT molecular complexity index is 1110. The van der Waals surface area contributed by atoms with Gasteiger partial charge in [0.25, 0.3) is 5.91 Å².